The van der Waals surface area contributed by atoms with Crippen molar-refractivity contribution >= 4 is 6.16 Å². The highest BCUT2D eigenvalue weighted by molar-refractivity contribution is 5.64. The Hall–Kier alpha value is -0.810. The molecule has 110 valence electrons. The summed E-state index contributed by atoms with van der Waals surface area (Å²) in [6.45, 7) is 0. The van der Waals surface area contributed by atoms with Crippen LogP contribution in [0.15, 0.2) is 0 Å². The largest absolute Gasteiger partial charge is 0.509 e. The lowest BCUT2D eigenvalue weighted by molar-refractivity contribution is -0.154. The second-order valence-corrected chi connectivity index (χ2v) is 7.05. The molecule has 0 radical (unpaired) electrons. The maximum Gasteiger partial charge on any atom is 0.509 e. The number of hydrogen-bond donors (Lipinski definition) is 0. The zero-order valence-electron chi connectivity index (χ0n) is 11.5. The Labute approximate surface area is 117 Å². The fourth-order valence-electron chi connectivity index (χ4n) is 4.83. The maximum absolute atomic E-state index is 11.6. The van der Waals surface area contributed by atoms with Crippen LogP contribution in [0.3, 0.4) is 0 Å². The second-order valence-electron chi connectivity index (χ2n) is 7.05. The minimum Gasteiger partial charge on any atom is -0.424 e. The lowest BCUT2D eigenvalue weighted by Crippen LogP contribution is -2.52. The third-order valence-corrected chi connectivity index (χ3v) is 5.96. The summed E-state index contributed by atoms with van der Waals surface area (Å²) in [5.41, 5.74) is -0.489. The first-order chi connectivity index (χ1) is 9.73. The van der Waals surface area contributed by atoms with Crippen LogP contribution >= 0.6 is 0 Å². The maximum atomic E-state index is 11.6. The minimum atomic E-state index is -0.521. The van der Waals surface area contributed by atoms with Crippen molar-refractivity contribution in [3.63, 3.8) is 0 Å². The van der Waals surface area contributed by atoms with E-state index in [2.05, 4.69) is 0 Å². The lowest BCUT2D eigenvalue weighted by atomic mass is 9.72. The summed E-state index contributed by atoms with van der Waals surface area (Å²) >= 11 is 0. The fourth-order valence-corrected chi connectivity index (χ4v) is 4.83. The van der Waals surface area contributed by atoms with Gasteiger partial charge in [0.15, 0.2) is 11.7 Å². The first-order valence-electron chi connectivity index (χ1n) is 7.94. The summed E-state index contributed by atoms with van der Waals surface area (Å²) in [5.74, 6) is 0.632. The molecule has 5 nitrogen and oxygen atoms in total. The highest BCUT2D eigenvalue weighted by Gasteiger charge is 2.66. The van der Waals surface area contributed by atoms with Gasteiger partial charge in [-0.3, -0.25) is 0 Å². The van der Waals surface area contributed by atoms with Crippen LogP contribution in [-0.4, -0.2) is 42.3 Å². The van der Waals surface area contributed by atoms with Gasteiger partial charge in [0.2, 0.25) is 0 Å². The van der Waals surface area contributed by atoms with E-state index < -0.39 is 11.8 Å². The van der Waals surface area contributed by atoms with Gasteiger partial charge in [0.25, 0.3) is 0 Å². The lowest BCUT2D eigenvalue weighted by Gasteiger charge is -2.46. The molecule has 2 aliphatic carbocycles. The summed E-state index contributed by atoms with van der Waals surface area (Å²) in [6, 6.07) is 0. The van der Waals surface area contributed by atoms with Gasteiger partial charge in [-0.2, -0.15) is 0 Å². The highest BCUT2D eigenvalue weighted by Crippen LogP contribution is 2.52. The number of ether oxygens (including phenoxy) is 4. The van der Waals surface area contributed by atoms with Crippen LogP contribution in [-0.2, 0) is 18.9 Å². The van der Waals surface area contributed by atoms with Gasteiger partial charge in [0.05, 0.1) is 18.3 Å². The summed E-state index contributed by atoms with van der Waals surface area (Å²) in [7, 11) is 0. The van der Waals surface area contributed by atoms with E-state index in [1.165, 1.54) is 25.7 Å². The molecule has 2 bridgehead atoms. The molecule has 0 aromatic carbocycles. The van der Waals surface area contributed by atoms with E-state index in [0.717, 1.165) is 19.3 Å². The molecule has 4 saturated heterocycles. The smallest absolute Gasteiger partial charge is 0.424 e. The molecule has 5 atom stereocenters. The van der Waals surface area contributed by atoms with Crippen LogP contribution in [0.1, 0.15) is 44.9 Å². The van der Waals surface area contributed by atoms with E-state index in [9.17, 15) is 4.79 Å². The van der Waals surface area contributed by atoms with Crippen molar-refractivity contribution in [3.05, 3.63) is 0 Å². The minimum absolute atomic E-state index is 0.0657. The van der Waals surface area contributed by atoms with Gasteiger partial charge in [-0.25, -0.2) is 4.79 Å². The Morgan fingerprint density at radius 3 is 2.70 bits per heavy atom. The number of carbonyl (C=O) groups excluding carboxylic acids is 1. The normalized spacial score (nSPS) is 55.7. The number of carbonyl (C=O) groups is 1. The van der Waals surface area contributed by atoms with Crippen LogP contribution in [0.2, 0.25) is 0 Å². The molecular weight excluding hydrogens is 260 g/mol. The molecule has 0 amide bonds. The Morgan fingerprint density at radius 1 is 1.10 bits per heavy atom. The molecule has 4 aliphatic heterocycles. The van der Waals surface area contributed by atoms with E-state index >= 15 is 0 Å². The molecule has 2 saturated carbocycles. The molecule has 6 aliphatic rings. The van der Waals surface area contributed by atoms with E-state index in [0.29, 0.717) is 12.0 Å². The standard InChI is InChI=1S/C15H20O5/c16-14-19-13-12-10(18-12)5-6-15(13,20-14)7-11-8-1-3-9(17-11)4-2-8/h8-13H,1-7H2. The summed E-state index contributed by atoms with van der Waals surface area (Å²) < 4.78 is 22.8. The number of hydrogen-bond acceptors (Lipinski definition) is 5. The summed E-state index contributed by atoms with van der Waals surface area (Å²) in [5, 5.41) is 0. The first kappa shape index (κ1) is 11.8. The third-order valence-electron chi connectivity index (χ3n) is 5.96. The van der Waals surface area contributed by atoms with Crippen molar-refractivity contribution in [3.8, 4) is 0 Å². The fraction of sp³-hybridized carbons (Fsp3) is 0.933. The van der Waals surface area contributed by atoms with E-state index in [4.69, 9.17) is 18.9 Å². The molecule has 20 heavy (non-hydrogen) atoms. The zero-order valence-corrected chi connectivity index (χ0v) is 11.5. The number of epoxide rings is 1. The summed E-state index contributed by atoms with van der Waals surface area (Å²) in [6.07, 6.45) is 7.79. The molecular formula is C15H20O5. The molecule has 0 aromatic heterocycles. The van der Waals surface area contributed by atoms with E-state index in [-0.39, 0.29) is 24.4 Å². The van der Waals surface area contributed by atoms with Crippen molar-refractivity contribution in [2.45, 2.75) is 81.1 Å². The molecule has 0 aromatic rings. The van der Waals surface area contributed by atoms with Crippen molar-refractivity contribution in [2.75, 3.05) is 0 Å². The van der Waals surface area contributed by atoms with Crippen LogP contribution in [0.5, 0.6) is 0 Å². The van der Waals surface area contributed by atoms with Gasteiger partial charge in [0.1, 0.15) is 6.10 Å². The van der Waals surface area contributed by atoms with E-state index in [1.807, 2.05) is 0 Å². The molecule has 0 N–H and O–H groups in total. The Bertz CT molecular complexity index is 444. The van der Waals surface area contributed by atoms with Crippen molar-refractivity contribution in [1.29, 1.82) is 0 Å². The monoisotopic (exact) mass is 280 g/mol. The predicted octanol–water partition coefficient (Wildman–Crippen LogP) is 2.17. The average molecular weight is 280 g/mol. The SMILES string of the molecule is O=C1OC2C3OC3CCC2(CC2OC3CCC2CC3)O1. The van der Waals surface area contributed by atoms with Crippen molar-refractivity contribution < 1.29 is 23.7 Å². The third kappa shape index (κ3) is 1.59. The Balaban J connectivity index is 1.39. The van der Waals surface area contributed by atoms with Gasteiger partial charge in [-0.1, -0.05) is 0 Å². The van der Waals surface area contributed by atoms with Gasteiger partial charge < -0.3 is 18.9 Å². The number of rotatable bonds is 2. The van der Waals surface area contributed by atoms with Gasteiger partial charge in [0, 0.05) is 6.42 Å². The van der Waals surface area contributed by atoms with Gasteiger partial charge in [-0.05, 0) is 44.4 Å². The number of fused-ring (bicyclic) bond motifs is 6. The van der Waals surface area contributed by atoms with Gasteiger partial charge in [-0.15, -0.1) is 0 Å². The molecule has 6 fully saturated rings. The first-order valence-corrected chi connectivity index (χ1v) is 7.94. The topological polar surface area (TPSA) is 57.3 Å². The van der Waals surface area contributed by atoms with Gasteiger partial charge >= 0.3 is 6.16 Å². The van der Waals surface area contributed by atoms with Crippen molar-refractivity contribution in [2.24, 2.45) is 5.92 Å². The van der Waals surface area contributed by atoms with Crippen molar-refractivity contribution in [1.82, 2.24) is 0 Å². The molecule has 0 spiro atoms. The van der Waals surface area contributed by atoms with Crippen LogP contribution in [0, 0.1) is 5.92 Å². The average Bonchev–Trinajstić information content (AvgIpc) is 3.17. The Kier molecular flexibility index (Phi) is 2.29. The molecule has 5 heteroatoms. The predicted molar refractivity (Wildman–Crippen MR) is 67.2 cm³/mol. The Morgan fingerprint density at radius 2 is 1.95 bits per heavy atom. The summed E-state index contributed by atoms with van der Waals surface area (Å²) in [4.78, 5) is 11.6. The molecule has 6 rings (SSSR count). The van der Waals surface area contributed by atoms with E-state index in [1.54, 1.807) is 0 Å². The van der Waals surface area contributed by atoms with Crippen LogP contribution in [0.4, 0.5) is 4.79 Å². The molecule has 4 heterocycles. The zero-order chi connectivity index (χ0) is 13.3. The van der Waals surface area contributed by atoms with Crippen LogP contribution < -0.4 is 0 Å². The molecule has 5 unspecified atom stereocenters. The second kappa shape index (κ2) is 3.89. The van der Waals surface area contributed by atoms with Crippen LogP contribution in [0.25, 0.3) is 0 Å². The highest BCUT2D eigenvalue weighted by atomic mass is 16.8. The quantitative estimate of drug-likeness (QED) is 0.573.